The van der Waals surface area contributed by atoms with E-state index in [9.17, 15) is 9.59 Å². The number of hydrogen-bond acceptors (Lipinski definition) is 4. The van der Waals surface area contributed by atoms with E-state index >= 15 is 0 Å². The number of carbonyl (C=O) groups excluding carboxylic acids is 1. The number of carboxylic acids is 1. The van der Waals surface area contributed by atoms with Crippen LogP contribution in [0.25, 0.3) is 0 Å². The third-order valence-corrected chi connectivity index (χ3v) is 3.95. The summed E-state index contributed by atoms with van der Waals surface area (Å²) in [6.07, 6.45) is 0. The fourth-order valence-electron chi connectivity index (χ4n) is 1.70. The molecule has 1 amide bonds. The lowest BCUT2D eigenvalue weighted by atomic mass is 10.2. The lowest BCUT2D eigenvalue weighted by Gasteiger charge is -2.23. The normalized spacial score (nSPS) is 24.0. The summed E-state index contributed by atoms with van der Waals surface area (Å²) in [6.45, 7) is 1.79. The summed E-state index contributed by atoms with van der Waals surface area (Å²) in [5.74, 6) is -0.998. The Kier molecular flexibility index (Phi) is 3.35. The first-order valence-corrected chi connectivity index (χ1v) is 6.36. The second kappa shape index (κ2) is 4.62. The van der Waals surface area contributed by atoms with Gasteiger partial charge in [-0.15, -0.1) is 11.8 Å². The number of aliphatic carboxylic acids is 1. The van der Waals surface area contributed by atoms with Crippen molar-refractivity contribution >= 4 is 35.2 Å². The Morgan fingerprint density at radius 1 is 1.59 bits per heavy atom. The smallest absolute Gasteiger partial charge is 0.327 e. The molecule has 0 spiro atoms. The van der Waals surface area contributed by atoms with E-state index in [1.54, 1.807) is 6.92 Å². The number of thioether (sulfide) groups is 1. The van der Waals surface area contributed by atoms with Gasteiger partial charge in [-0.05, 0) is 30.7 Å². The van der Waals surface area contributed by atoms with E-state index in [0.29, 0.717) is 5.75 Å². The Hall–Kier alpha value is -1.14. The maximum Gasteiger partial charge on any atom is 0.327 e. The maximum absolute atomic E-state index is 12.1. The van der Waals surface area contributed by atoms with Crippen LogP contribution in [-0.2, 0) is 4.79 Å². The van der Waals surface area contributed by atoms with Crippen LogP contribution < -0.4 is 0 Å². The van der Waals surface area contributed by atoms with Crippen molar-refractivity contribution in [3.05, 3.63) is 23.1 Å². The van der Waals surface area contributed by atoms with Crippen LogP contribution in [0.5, 0.6) is 0 Å². The fourth-order valence-corrected chi connectivity index (χ4v) is 3.01. The first-order valence-electron chi connectivity index (χ1n) is 4.93. The van der Waals surface area contributed by atoms with E-state index in [-0.39, 0.29) is 16.4 Å². The molecule has 0 aromatic carbocycles. The molecular formula is C10H10ClNO4S. The maximum atomic E-state index is 12.1. The Morgan fingerprint density at radius 2 is 2.29 bits per heavy atom. The number of carbonyl (C=O) groups is 2. The molecule has 1 aromatic heterocycles. The summed E-state index contributed by atoms with van der Waals surface area (Å²) in [5.41, 5.74) is 0. The molecule has 0 bridgehead atoms. The van der Waals surface area contributed by atoms with Crippen LogP contribution in [0.4, 0.5) is 0 Å². The van der Waals surface area contributed by atoms with Gasteiger partial charge >= 0.3 is 5.97 Å². The highest BCUT2D eigenvalue weighted by atomic mass is 35.5. The van der Waals surface area contributed by atoms with E-state index in [1.807, 2.05) is 0 Å². The van der Waals surface area contributed by atoms with Gasteiger partial charge in [0.15, 0.2) is 11.0 Å². The van der Waals surface area contributed by atoms with Gasteiger partial charge in [-0.25, -0.2) is 4.79 Å². The van der Waals surface area contributed by atoms with E-state index in [1.165, 1.54) is 28.8 Å². The molecule has 1 N–H and O–H groups in total. The highest BCUT2D eigenvalue weighted by Crippen LogP contribution is 2.30. The zero-order valence-electron chi connectivity index (χ0n) is 8.92. The highest BCUT2D eigenvalue weighted by Gasteiger charge is 2.40. The number of amides is 1. The SMILES string of the molecule is CC1SCC(C(=O)O)N1C(=O)c1ccc(Cl)o1. The van der Waals surface area contributed by atoms with Gasteiger partial charge in [-0.3, -0.25) is 4.79 Å². The predicted octanol–water partition coefficient (Wildman–Crippen LogP) is 1.92. The van der Waals surface area contributed by atoms with Gasteiger partial charge < -0.3 is 14.4 Å². The topological polar surface area (TPSA) is 70.8 Å². The summed E-state index contributed by atoms with van der Waals surface area (Å²) in [5, 5.41) is 8.96. The zero-order chi connectivity index (χ0) is 12.6. The molecule has 2 rings (SSSR count). The van der Waals surface area contributed by atoms with Crippen LogP contribution in [0.1, 0.15) is 17.5 Å². The minimum absolute atomic E-state index is 0.0654. The molecule has 5 nitrogen and oxygen atoms in total. The Labute approximate surface area is 107 Å². The van der Waals surface area contributed by atoms with Gasteiger partial charge in [0.25, 0.3) is 5.91 Å². The lowest BCUT2D eigenvalue weighted by Crippen LogP contribution is -2.44. The number of carboxylic acid groups (broad SMARTS) is 1. The number of rotatable bonds is 2. The monoisotopic (exact) mass is 275 g/mol. The van der Waals surface area contributed by atoms with Gasteiger partial charge in [0.2, 0.25) is 0 Å². The quantitative estimate of drug-likeness (QED) is 0.893. The second-order valence-electron chi connectivity index (χ2n) is 3.60. The van der Waals surface area contributed by atoms with Gasteiger partial charge in [-0.2, -0.15) is 0 Å². The van der Waals surface area contributed by atoms with Crippen LogP contribution >= 0.6 is 23.4 Å². The average molecular weight is 276 g/mol. The molecule has 1 fully saturated rings. The van der Waals surface area contributed by atoms with Crippen LogP contribution in [0, 0.1) is 0 Å². The molecule has 92 valence electrons. The molecule has 1 aromatic rings. The second-order valence-corrected chi connectivity index (χ2v) is 5.32. The summed E-state index contributed by atoms with van der Waals surface area (Å²) in [6, 6.07) is 2.09. The largest absolute Gasteiger partial charge is 0.480 e. The fraction of sp³-hybridized carbons (Fsp3) is 0.400. The van der Waals surface area contributed by atoms with E-state index in [2.05, 4.69) is 0 Å². The zero-order valence-corrected chi connectivity index (χ0v) is 10.5. The van der Waals surface area contributed by atoms with E-state index in [4.69, 9.17) is 21.1 Å². The van der Waals surface area contributed by atoms with Crippen molar-refractivity contribution < 1.29 is 19.1 Å². The lowest BCUT2D eigenvalue weighted by molar-refractivity contribution is -0.141. The third-order valence-electron chi connectivity index (χ3n) is 2.53. The van der Waals surface area contributed by atoms with Crippen molar-refractivity contribution in [2.45, 2.75) is 18.3 Å². The van der Waals surface area contributed by atoms with Crippen molar-refractivity contribution in [2.75, 3.05) is 5.75 Å². The molecule has 7 heteroatoms. The number of furan rings is 1. The summed E-state index contributed by atoms with van der Waals surface area (Å²) >= 11 is 7.01. The molecular weight excluding hydrogens is 266 g/mol. The molecule has 0 saturated carbocycles. The minimum atomic E-state index is -1.01. The van der Waals surface area contributed by atoms with Crippen molar-refractivity contribution in [3.8, 4) is 0 Å². The molecule has 17 heavy (non-hydrogen) atoms. The molecule has 1 aliphatic rings. The molecule has 2 unspecified atom stereocenters. The number of nitrogens with zero attached hydrogens (tertiary/aromatic N) is 1. The van der Waals surface area contributed by atoms with E-state index in [0.717, 1.165) is 0 Å². The summed E-state index contributed by atoms with van der Waals surface area (Å²) < 4.78 is 5.01. The first kappa shape index (κ1) is 12.3. The Balaban J connectivity index is 2.25. The predicted molar refractivity (Wildman–Crippen MR) is 63.2 cm³/mol. The molecule has 0 aliphatic carbocycles. The average Bonchev–Trinajstić information content (AvgIpc) is 2.83. The third kappa shape index (κ3) is 2.28. The minimum Gasteiger partial charge on any atom is -0.480 e. The van der Waals surface area contributed by atoms with Crippen molar-refractivity contribution in [3.63, 3.8) is 0 Å². The van der Waals surface area contributed by atoms with Crippen molar-refractivity contribution in [2.24, 2.45) is 0 Å². The van der Waals surface area contributed by atoms with Crippen molar-refractivity contribution in [1.29, 1.82) is 0 Å². The van der Waals surface area contributed by atoms with Gasteiger partial charge in [-0.1, -0.05) is 0 Å². The van der Waals surface area contributed by atoms with Gasteiger partial charge in [0.05, 0.1) is 5.37 Å². The first-order chi connectivity index (χ1) is 8.00. The van der Waals surface area contributed by atoms with Crippen LogP contribution in [-0.4, -0.2) is 39.1 Å². The molecule has 1 aliphatic heterocycles. The van der Waals surface area contributed by atoms with E-state index < -0.39 is 17.9 Å². The number of hydrogen-bond donors (Lipinski definition) is 1. The summed E-state index contributed by atoms with van der Waals surface area (Å²) in [7, 11) is 0. The highest BCUT2D eigenvalue weighted by molar-refractivity contribution is 8.00. The molecule has 2 heterocycles. The standard InChI is InChI=1S/C10H10ClNO4S/c1-5-12(6(4-17-5)10(14)15)9(13)7-2-3-8(11)16-7/h2-3,5-6H,4H2,1H3,(H,14,15). The van der Waals surface area contributed by atoms with Crippen LogP contribution in [0.3, 0.4) is 0 Å². The molecule has 0 radical (unpaired) electrons. The molecule has 1 saturated heterocycles. The Morgan fingerprint density at radius 3 is 2.82 bits per heavy atom. The van der Waals surface area contributed by atoms with Gasteiger partial charge in [0.1, 0.15) is 6.04 Å². The van der Waals surface area contributed by atoms with Crippen LogP contribution in [0.15, 0.2) is 16.5 Å². The van der Waals surface area contributed by atoms with Gasteiger partial charge in [0, 0.05) is 5.75 Å². The summed E-state index contributed by atoms with van der Waals surface area (Å²) in [4.78, 5) is 24.4. The number of halogens is 1. The van der Waals surface area contributed by atoms with Crippen molar-refractivity contribution in [1.82, 2.24) is 4.90 Å². The van der Waals surface area contributed by atoms with Crippen LogP contribution in [0.2, 0.25) is 5.22 Å². The Bertz CT molecular complexity index is 461. The molecule has 2 atom stereocenters.